The van der Waals surface area contributed by atoms with Crippen LogP contribution in [0.1, 0.15) is 0 Å². The fraction of sp³-hybridized carbons (Fsp3) is 0. The molecule has 0 atom stereocenters. The number of hydrogen-bond donors (Lipinski definition) is 0. The summed E-state index contributed by atoms with van der Waals surface area (Å²) in [6, 6.07) is 0. The van der Waals surface area contributed by atoms with Crippen molar-refractivity contribution in [1.29, 1.82) is 0 Å². The van der Waals surface area contributed by atoms with Crippen molar-refractivity contribution in [3.8, 4) is 0 Å². The van der Waals surface area contributed by atoms with E-state index in [4.69, 9.17) is 30.0 Å². The van der Waals surface area contributed by atoms with Gasteiger partial charge in [0, 0.05) is 0 Å². The SMILES string of the molecule is O.O=C([O-])[O-].O=C([O-])[O-].[Ni+2].[Ni+2].[Ni+2].[O-].[O-]. The maximum absolute atomic E-state index is 8.33. The van der Waals surface area contributed by atoms with Gasteiger partial charge in [-0.15, -0.1) is 0 Å². The number of hydrogen-bond acceptors (Lipinski definition) is 8. The van der Waals surface area contributed by atoms with Crippen LogP contribution in [0.15, 0.2) is 0 Å². The van der Waals surface area contributed by atoms with E-state index in [1.807, 2.05) is 0 Å². The van der Waals surface area contributed by atoms with Crippen LogP contribution >= 0.6 is 0 Å². The van der Waals surface area contributed by atoms with E-state index in [1.165, 1.54) is 0 Å². The smallest absolute Gasteiger partial charge is 1.00 e. The van der Waals surface area contributed by atoms with Crippen molar-refractivity contribution in [2.24, 2.45) is 0 Å². The molecule has 0 heterocycles. The van der Waals surface area contributed by atoms with Gasteiger partial charge in [-0.1, -0.05) is 0 Å². The zero-order chi connectivity index (χ0) is 7.15. The Morgan fingerprint density at radius 2 is 0.643 bits per heavy atom. The van der Waals surface area contributed by atoms with Crippen LogP contribution in [0.4, 0.5) is 9.59 Å². The molecule has 0 aliphatic rings. The Morgan fingerprint density at radius 3 is 0.643 bits per heavy atom. The van der Waals surface area contributed by atoms with Gasteiger partial charge in [0.05, 0.1) is 0 Å². The summed E-state index contributed by atoms with van der Waals surface area (Å²) in [6.45, 7) is 0. The second-order valence-electron chi connectivity index (χ2n) is 0.500. The molecule has 2 N–H and O–H groups in total. The van der Waals surface area contributed by atoms with Gasteiger partial charge in [-0.2, -0.15) is 0 Å². The zero-order valence-electron chi connectivity index (χ0n) is 5.71. The summed E-state index contributed by atoms with van der Waals surface area (Å²) in [5, 5.41) is 33.3. The van der Waals surface area contributed by atoms with Crippen LogP contribution in [0.2, 0.25) is 0 Å². The van der Waals surface area contributed by atoms with Crippen LogP contribution in [0.5, 0.6) is 0 Å². The van der Waals surface area contributed by atoms with E-state index in [-0.39, 0.29) is 65.9 Å². The normalized spacial score (nSPS) is 3.43. The molecule has 0 unspecified atom stereocenters. The average molecular weight is 346 g/mol. The summed E-state index contributed by atoms with van der Waals surface area (Å²) in [4.78, 5) is 16.7. The molecular weight excluding hydrogens is 344 g/mol. The van der Waals surface area contributed by atoms with Crippen LogP contribution < -0.4 is 20.4 Å². The molecule has 9 nitrogen and oxygen atoms in total. The molecule has 0 saturated carbocycles. The molecule has 0 fully saturated rings. The molecule has 2 radical (unpaired) electrons. The van der Waals surface area contributed by atoms with Gasteiger partial charge in [0.25, 0.3) is 0 Å². The molecule has 0 aromatic heterocycles. The van der Waals surface area contributed by atoms with E-state index in [9.17, 15) is 0 Å². The van der Waals surface area contributed by atoms with E-state index in [0.717, 1.165) is 0 Å². The first-order valence-corrected chi connectivity index (χ1v) is 1.22. The fourth-order valence-electron chi connectivity index (χ4n) is 0. The third-order valence-corrected chi connectivity index (χ3v) is 0. The Labute approximate surface area is 108 Å². The van der Waals surface area contributed by atoms with Crippen molar-refractivity contribution in [2.75, 3.05) is 0 Å². The van der Waals surface area contributed by atoms with Crippen LogP contribution in [0, 0.1) is 0 Å². The van der Waals surface area contributed by atoms with Crippen LogP contribution in [0.3, 0.4) is 0 Å². The molecule has 0 aromatic rings. The molecule has 0 amide bonds. The summed E-state index contributed by atoms with van der Waals surface area (Å²) in [7, 11) is 0. The van der Waals surface area contributed by atoms with Gasteiger partial charge < -0.3 is 46.4 Å². The third-order valence-electron chi connectivity index (χ3n) is 0. The van der Waals surface area contributed by atoms with Gasteiger partial charge in [0.2, 0.25) is 0 Å². The molecular formula is C2H2Ni3O9. The first-order chi connectivity index (χ1) is 3.46. The monoisotopic (exact) mass is 344 g/mol. The van der Waals surface area contributed by atoms with E-state index >= 15 is 0 Å². The molecule has 0 aliphatic carbocycles. The van der Waals surface area contributed by atoms with Gasteiger partial charge in [-0.3, -0.25) is 0 Å². The van der Waals surface area contributed by atoms with E-state index in [2.05, 4.69) is 0 Å². The van der Waals surface area contributed by atoms with Crippen molar-refractivity contribution in [2.45, 2.75) is 0 Å². The first-order valence-electron chi connectivity index (χ1n) is 1.22. The Balaban J connectivity index is -0.00000000600. The second kappa shape index (κ2) is 52.5. The largest absolute Gasteiger partial charge is 2.00 e. The minimum atomic E-state index is -2.33. The number of rotatable bonds is 0. The topological polar surface area (TPSA) is 215 Å². The number of carbonyl (C=O) groups is 2. The molecule has 0 spiro atoms. The quantitative estimate of drug-likeness (QED) is 0.389. The Hall–Kier alpha value is -0.0995. The summed E-state index contributed by atoms with van der Waals surface area (Å²) in [5.74, 6) is 0. The average Bonchev–Trinajstić information content (AvgIpc) is 1.25. The molecule has 0 saturated heterocycles. The predicted molar refractivity (Wildman–Crippen MR) is 15.8 cm³/mol. The molecule has 0 rings (SSSR count). The van der Waals surface area contributed by atoms with Crippen LogP contribution in [0.25, 0.3) is 0 Å². The maximum atomic E-state index is 8.33. The van der Waals surface area contributed by atoms with Crippen molar-refractivity contribution < 1.29 is 95.9 Å². The maximum Gasteiger partial charge on any atom is 2.00 e. The number of carboxylic acid groups (broad SMARTS) is 4. The van der Waals surface area contributed by atoms with Crippen molar-refractivity contribution in [1.82, 2.24) is 0 Å². The second-order valence-corrected chi connectivity index (χ2v) is 0.500. The molecule has 0 bridgehead atoms. The molecule has 14 heavy (non-hydrogen) atoms. The fourth-order valence-corrected chi connectivity index (χ4v) is 0. The Morgan fingerprint density at radius 1 is 0.643 bits per heavy atom. The van der Waals surface area contributed by atoms with Gasteiger partial charge in [-0.25, -0.2) is 0 Å². The first kappa shape index (κ1) is 66.4. The standard InChI is InChI=1S/2CH2O3.3Ni.H2O.2O/c2*2-1(3)4;;;;;;/h2*(H2,2,3,4);;;;1H2;;/q;;3*+2;;2*-1/p-4. The summed E-state index contributed by atoms with van der Waals surface area (Å²) >= 11 is 0. The predicted octanol–water partition coefficient (Wildman–Crippen LogP) is -5.96. The van der Waals surface area contributed by atoms with Gasteiger partial charge in [0.1, 0.15) is 0 Å². The van der Waals surface area contributed by atoms with E-state index in [0.29, 0.717) is 0 Å². The minimum Gasteiger partial charge on any atom is -1.00 e. The van der Waals surface area contributed by atoms with Crippen molar-refractivity contribution in [3.63, 3.8) is 0 Å². The van der Waals surface area contributed by atoms with Crippen molar-refractivity contribution in [3.05, 3.63) is 0 Å². The van der Waals surface area contributed by atoms with Crippen LogP contribution in [-0.2, 0) is 60.4 Å². The number of carbonyl (C=O) groups excluding carboxylic acids is 2. The summed E-state index contributed by atoms with van der Waals surface area (Å²) in [6.07, 6.45) is -4.67. The van der Waals surface area contributed by atoms with Gasteiger partial charge in [-0.05, 0) is 12.3 Å². The van der Waals surface area contributed by atoms with Crippen LogP contribution in [-0.4, -0.2) is 17.8 Å². The van der Waals surface area contributed by atoms with Crippen molar-refractivity contribution >= 4 is 12.3 Å². The van der Waals surface area contributed by atoms with E-state index < -0.39 is 12.3 Å². The third kappa shape index (κ3) is 143000. The summed E-state index contributed by atoms with van der Waals surface area (Å²) < 4.78 is 0. The zero-order valence-corrected chi connectivity index (χ0v) is 8.68. The Kier molecular flexibility index (Phi) is 249. The van der Waals surface area contributed by atoms with E-state index in [1.54, 1.807) is 0 Å². The summed E-state index contributed by atoms with van der Waals surface area (Å²) in [5.41, 5.74) is 0. The Bertz CT molecular complexity index is 76.1. The molecule has 94 valence electrons. The molecule has 0 aliphatic heterocycles. The minimum absolute atomic E-state index is 0. The van der Waals surface area contributed by atoms with Gasteiger partial charge in [0.15, 0.2) is 0 Å². The molecule has 12 heteroatoms. The van der Waals surface area contributed by atoms with Gasteiger partial charge >= 0.3 is 49.5 Å². The molecule has 0 aromatic carbocycles.